The number of rotatable bonds is 3. The van der Waals surface area contributed by atoms with Crippen molar-refractivity contribution in [1.82, 2.24) is 0 Å². The predicted octanol–water partition coefficient (Wildman–Crippen LogP) is 14.0. The first-order valence-electron chi connectivity index (χ1n) is 21.7. The molecule has 0 radical (unpaired) electrons. The molecule has 0 unspecified atom stereocenters. The molecule has 0 fully saturated rings. The Bertz CT molecular complexity index is 3490. The number of ether oxygens (including phenoxy) is 1. The zero-order chi connectivity index (χ0) is 41.2. The molecule has 5 heteroatoms. The maximum atomic E-state index is 6.60. The van der Waals surface area contributed by atoms with E-state index in [0.717, 1.165) is 51.3 Å². The lowest BCUT2D eigenvalue weighted by molar-refractivity contribution is 0.477. The van der Waals surface area contributed by atoms with Crippen LogP contribution in [-0.2, 0) is 0 Å². The standard InChI is InChI=1S/C58H36BN3O/c1-3-15-39-29-45(27-25-37(39)13-1)60-52-33-43-19-7-5-17-41(43)31-48(52)59-49-32-42-18-6-8-20-44(42)34-53(49)61(46-28-26-38-14-2-4-16-40(38)30-46)55-36-47(35-54(60)58(55)59)62-50-21-9-11-23-56(50)63-57-24-12-10-22-51(57)62/h1-36H. The lowest BCUT2D eigenvalue weighted by Crippen LogP contribution is -2.61. The van der Waals surface area contributed by atoms with Gasteiger partial charge in [0.25, 0.3) is 6.71 Å². The Balaban J connectivity index is 1.15. The van der Waals surface area contributed by atoms with E-state index in [0.29, 0.717) is 0 Å². The van der Waals surface area contributed by atoms with Crippen LogP contribution in [0.2, 0.25) is 0 Å². The molecule has 0 atom stereocenters. The van der Waals surface area contributed by atoms with Crippen LogP contribution in [0.3, 0.4) is 0 Å². The number of nitrogens with zero attached hydrogens (tertiary/aromatic N) is 3. The molecule has 63 heavy (non-hydrogen) atoms. The fraction of sp³-hybridized carbons (Fsp3) is 0. The van der Waals surface area contributed by atoms with E-state index in [2.05, 4.69) is 233 Å². The van der Waals surface area contributed by atoms with Gasteiger partial charge >= 0.3 is 0 Å². The number of para-hydroxylation sites is 4. The van der Waals surface area contributed by atoms with Crippen LogP contribution in [0.5, 0.6) is 11.5 Å². The van der Waals surface area contributed by atoms with Crippen LogP contribution in [-0.4, -0.2) is 6.71 Å². The molecule has 0 amide bonds. The predicted molar refractivity (Wildman–Crippen MR) is 265 cm³/mol. The van der Waals surface area contributed by atoms with Crippen molar-refractivity contribution in [3.63, 3.8) is 0 Å². The number of benzene rings is 11. The number of fused-ring (bicyclic) bond motifs is 10. The van der Waals surface area contributed by atoms with Crippen molar-refractivity contribution in [2.75, 3.05) is 14.7 Å². The smallest absolute Gasteiger partial charge is 0.252 e. The summed E-state index contributed by atoms with van der Waals surface area (Å²) in [5.41, 5.74) is 13.8. The second-order valence-electron chi connectivity index (χ2n) is 17.0. The molecule has 0 N–H and O–H groups in total. The van der Waals surface area contributed by atoms with Gasteiger partial charge in [0.1, 0.15) is 0 Å². The Kier molecular flexibility index (Phi) is 7.17. The van der Waals surface area contributed by atoms with E-state index >= 15 is 0 Å². The zero-order valence-corrected chi connectivity index (χ0v) is 34.1. The molecule has 0 spiro atoms. The summed E-state index contributed by atoms with van der Waals surface area (Å²) >= 11 is 0. The molecule has 3 heterocycles. The molecule has 14 rings (SSSR count). The summed E-state index contributed by atoms with van der Waals surface area (Å²) in [6.07, 6.45) is 0. The average Bonchev–Trinajstić information content (AvgIpc) is 3.34. The minimum Gasteiger partial charge on any atom is -0.453 e. The molecule has 4 nitrogen and oxygen atoms in total. The number of hydrogen-bond donors (Lipinski definition) is 0. The van der Waals surface area contributed by atoms with Crippen LogP contribution >= 0.6 is 0 Å². The molecular formula is C58H36BN3O. The number of anilines is 9. The minimum absolute atomic E-state index is 0.0547. The topological polar surface area (TPSA) is 19.0 Å². The van der Waals surface area contributed by atoms with Crippen LogP contribution in [0, 0.1) is 0 Å². The molecule has 0 aromatic heterocycles. The van der Waals surface area contributed by atoms with E-state index in [9.17, 15) is 0 Å². The maximum Gasteiger partial charge on any atom is 0.252 e. The number of hydrogen-bond acceptors (Lipinski definition) is 4. The Hall–Kier alpha value is -8.28. The third-order valence-electron chi connectivity index (χ3n) is 13.5. The molecule has 11 aromatic rings. The van der Waals surface area contributed by atoms with Crippen molar-refractivity contribution in [2.24, 2.45) is 0 Å². The lowest BCUT2D eigenvalue weighted by Gasteiger charge is -2.45. The van der Waals surface area contributed by atoms with Gasteiger partial charge in [0.15, 0.2) is 11.5 Å². The van der Waals surface area contributed by atoms with Crippen LogP contribution in [0.1, 0.15) is 0 Å². The Morgan fingerprint density at radius 1 is 0.270 bits per heavy atom. The van der Waals surface area contributed by atoms with Gasteiger partial charge in [-0.3, -0.25) is 0 Å². The van der Waals surface area contributed by atoms with Gasteiger partial charge in [0.2, 0.25) is 0 Å². The molecule has 292 valence electrons. The van der Waals surface area contributed by atoms with Crippen molar-refractivity contribution in [2.45, 2.75) is 0 Å². The monoisotopic (exact) mass is 801 g/mol. The second kappa shape index (κ2) is 13.1. The lowest BCUT2D eigenvalue weighted by atomic mass is 9.33. The van der Waals surface area contributed by atoms with Crippen molar-refractivity contribution < 1.29 is 4.74 Å². The first-order chi connectivity index (χ1) is 31.2. The summed E-state index contributed by atoms with van der Waals surface area (Å²) in [5.74, 6) is 1.65. The highest BCUT2D eigenvalue weighted by Crippen LogP contribution is 2.54. The van der Waals surface area contributed by atoms with E-state index in [1.807, 2.05) is 0 Å². The maximum absolute atomic E-state index is 6.60. The van der Waals surface area contributed by atoms with Crippen molar-refractivity contribution >= 4 is 117 Å². The Labute approximate surface area is 365 Å². The van der Waals surface area contributed by atoms with Crippen LogP contribution in [0.15, 0.2) is 218 Å². The highest BCUT2D eigenvalue weighted by atomic mass is 16.5. The summed E-state index contributed by atoms with van der Waals surface area (Å²) in [6, 6.07) is 80.3. The molecular weight excluding hydrogens is 765 g/mol. The molecule has 0 aliphatic carbocycles. The summed E-state index contributed by atoms with van der Waals surface area (Å²) in [7, 11) is 0. The summed E-state index contributed by atoms with van der Waals surface area (Å²) in [4.78, 5) is 7.47. The van der Waals surface area contributed by atoms with Crippen LogP contribution in [0.4, 0.5) is 51.2 Å². The zero-order valence-electron chi connectivity index (χ0n) is 34.1. The molecule has 0 bridgehead atoms. The molecule has 3 aliphatic heterocycles. The van der Waals surface area contributed by atoms with Gasteiger partial charge in [-0.2, -0.15) is 0 Å². The van der Waals surface area contributed by atoms with Crippen molar-refractivity contribution in [3.05, 3.63) is 218 Å². The fourth-order valence-corrected chi connectivity index (χ4v) is 10.7. The molecule has 0 saturated carbocycles. The quantitative estimate of drug-likeness (QED) is 0.166. The third kappa shape index (κ3) is 5.11. The molecule has 3 aliphatic rings. The van der Waals surface area contributed by atoms with E-state index < -0.39 is 0 Å². The van der Waals surface area contributed by atoms with E-state index in [4.69, 9.17) is 4.74 Å². The first kappa shape index (κ1) is 34.4. The van der Waals surface area contributed by atoms with Crippen LogP contribution < -0.4 is 35.8 Å². The highest BCUT2D eigenvalue weighted by molar-refractivity contribution is 7.00. The van der Waals surface area contributed by atoms with Gasteiger partial charge in [0.05, 0.1) is 17.1 Å². The van der Waals surface area contributed by atoms with Gasteiger partial charge in [-0.05, 0) is 132 Å². The summed E-state index contributed by atoms with van der Waals surface area (Å²) in [5, 5.41) is 9.74. The largest absolute Gasteiger partial charge is 0.453 e. The second-order valence-corrected chi connectivity index (χ2v) is 17.0. The third-order valence-corrected chi connectivity index (χ3v) is 13.5. The van der Waals surface area contributed by atoms with E-state index in [1.54, 1.807) is 0 Å². The Morgan fingerprint density at radius 2 is 0.635 bits per heavy atom. The average molecular weight is 802 g/mol. The van der Waals surface area contributed by atoms with Crippen LogP contribution in [0.25, 0.3) is 43.1 Å². The summed E-state index contributed by atoms with van der Waals surface area (Å²) in [6.45, 7) is -0.0547. The van der Waals surface area contributed by atoms with Gasteiger partial charge in [-0.15, -0.1) is 0 Å². The van der Waals surface area contributed by atoms with Gasteiger partial charge in [0, 0.05) is 34.1 Å². The fourth-order valence-electron chi connectivity index (χ4n) is 10.7. The van der Waals surface area contributed by atoms with Gasteiger partial charge < -0.3 is 19.4 Å². The van der Waals surface area contributed by atoms with Gasteiger partial charge in [-0.25, -0.2) is 0 Å². The van der Waals surface area contributed by atoms with E-state index in [1.165, 1.54) is 70.9 Å². The summed E-state index contributed by atoms with van der Waals surface area (Å²) < 4.78 is 6.60. The molecule has 11 aromatic carbocycles. The van der Waals surface area contributed by atoms with E-state index in [-0.39, 0.29) is 6.71 Å². The Morgan fingerprint density at radius 3 is 1.10 bits per heavy atom. The molecule has 0 saturated heterocycles. The minimum atomic E-state index is -0.0547. The normalized spacial score (nSPS) is 13.4. The first-order valence-corrected chi connectivity index (χ1v) is 21.7. The van der Waals surface area contributed by atoms with Gasteiger partial charge in [-0.1, -0.05) is 146 Å². The van der Waals surface area contributed by atoms with Crippen molar-refractivity contribution in [3.8, 4) is 11.5 Å². The highest BCUT2D eigenvalue weighted by Gasteiger charge is 2.45. The SMILES string of the molecule is c1ccc2c(c1)Oc1ccccc1N2c1cc2c3c(c1)N(c1ccc4ccccc4c1)c1cc4ccccc4cc1B3c1cc3ccccc3cc1N2c1ccc2ccccc2c1. The van der Waals surface area contributed by atoms with Crippen molar-refractivity contribution in [1.29, 1.82) is 0 Å².